The Balaban J connectivity index is 0. The average molecular weight is 418 g/mol. The minimum atomic E-state index is -2.41. The number of benzene rings is 1. The predicted octanol–water partition coefficient (Wildman–Crippen LogP) is 2.59. The monoisotopic (exact) mass is 418 g/mol. The number of halogens is 1. The Labute approximate surface area is 165 Å². The van der Waals surface area contributed by atoms with Gasteiger partial charge in [0.1, 0.15) is 0 Å². The molecular formula is C15H22FN2O3SY-3. The molecule has 0 aliphatic carbocycles. The molecule has 1 unspecified atom stereocenters. The first-order valence-corrected chi connectivity index (χ1v) is 8.20. The van der Waals surface area contributed by atoms with Crippen LogP contribution in [0.3, 0.4) is 0 Å². The molecule has 8 heteroatoms. The fourth-order valence-corrected chi connectivity index (χ4v) is 2.14. The summed E-state index contributed by atoms with van der Waals surface area (Å²) in [6.45, 7) is 7.95. The molecule has 5 nitrogen and oxygen atoms in total. The van der Waals surface area contributed by atoms with Gasteiger partial charge in [-0.3, -0.25) is 4.21 Å². The van der Waals surface area contributed by atoms with Gasteiger partial charge in [0.05, 0.1) is 12.2 Å². The molecule has 0 aliphatic heterocycles. The third kappa shape index (κ3) is 8.36. The van der Waals surface area contributed by atoms with Crippen LogP contribution in [0.1, 0.15) is 45.2 Å². The van der Waals surface area contributed by atoms with E-state index < -0.39 is 17.1 Å². The molecule has 129 valence electrons. The van der Waals surface area contributed by atoms with E-state index in [9.17, 15) is 17.9 Å². The minimum Gasteiger partial charge on any atom is -0.760 e. The molecule has 1 radical (unpaired) electrons. The van der Waals surface area contributed by atoms with Gasteiger partial charge < -0.3 is 14.2 Å². The molecule has 0 saturated carbocycles. The quantitative estimate of drug-likeness (QED) is 0.401. The molecule has 0 saturated heterocycles. The van der Waals surface area contributed by atoms with Crippen LogP contribution in [0.15, 0.2) is 12.1 Å². The topological polar surface area (TPSA) is 72.5 Å². The van der Waals surface area contributed by atoms with Crippen molar-refractivity contribution in [1.29, 1.82) is 0 Å². The van der Waals surface area contributed by atoms with E-state index in [1.54, 1.807) is 25.8 Å². The maximum Gasteiger partial charge on any atom is 0.0719 e. The maximum absolute atomic E-state index is 14.2. The first-order valence-electron chi connectivity index (χ1n) is 7.13. The zero-order valence-corrected chi connectivity index (χ0v) is 17.5. The van der Waals surface area contributed by atoms with Gasteiger partial charge in [-0.2, -0.15) is 18.1 Å². The summed E-state index contributed by atoms with van der Waals surface area (Å²) in [4.78, 5) is 12.1. The predicted molar refractivity (Wildman–Crippen MR) is 85.9 cm³/mol. The Kier molecular flexibility index (Phi) is 15.2. The molecule has 1 aromatic carbocycles. The Morgan fingerprint density at radius 2 is 2.04 bits per heavy atom. The third-order valence-electron chi connectivity index (χ3n) is 2.69. The average Bonchev–Trinajstić information content (AvgIpc) is 2.52. The van der Waals surface area contributed by atoms with Gasteiger partial charge in [0.2, 0.25) is 0 Å². The van der Waals surface area contributed by atoms with Crippen LogP contribution in [0.2, 0.25) is 0 Å². The van der Waals surface area contributed by atoms with E-state index in [0.29, 0.717) is 24.1 Å². The second-order valence-corrected chi connectivity index (χ2v) is 4.86. The van der Waals surface area contributed by atoms with Gasteiger partial charge in [0, 0.05) is 50.5 Å². The molecule has 1 N–H and O–H groups in total. The maximum atomic E-state index is 14.2. The summed E-state index contributed by atoms with van der Waals surface area (Å²) in [7, 11) is 0. The van der Waals surface area contributed by atoms with Crippen LogP contribution < -0.4 is 9.62 Å². The standard InChI is InChI=1S/C13H17FN2O3S.C2H6.Y/c1-3-5-16(9-17)13-11(4-2)6-10(7-12(13)14)8-15-20(18)19;1-2;/h4,6-7,15H,3,5,8H2,1-2H3,(H,18,19);1-2H3;/q-2;;/p-1. The second kappa shape index (κ2) is 14.0. The van der Waals surface area contributed by atoms with Crippen molar-refractivity contribution in [1.82, 2.24) is 4.72 Å². The largest absolute Gasteiger partial charge is 0.760 e. The molecule has 0 fully saturated rings. The van der Waals surface area contributed by atoms with E-state index in [-0.39, 0.29) is 44.9 Å². The first kappa shape index (κ1) is 24.9. The van der Waals surface area contributed by atoms with E-state index >= 15 is 0 Å². The smallest absolute Gasteiger partial charge is 0.0719 e. The van der Waals surface area contributed by atoms with Crippen molar-refractivity contribution in [2.45, 2.75) is 40.7 Å². The summed E-state index contributed by atoms with van der Waals surface area (Å²) in [6.07, 6.45) is 4.05. The number of carbonyl (C=O) groups excluding carboxylic acids is 1. The molecule has 0 heterocycles. The van der Waals surface area contributed by atoms with Crippen molar-refractivity contribution in [3.8, 4) is 0 Å². The summed E-state index contributed by atoms with van der Waals surface area (Å²) in [5, 5.41) is 0. The van der Waals surface area contributed by atoms with Crippen molar-refractivity contribution in [2.24, 2.45) is 0 Å². The van der Waals surface area contributed by atoms with Crippen molar-refractivity contribution < 1.29 is 50.7 Å². The number of rotatable bonds is 8. The van der Waals surface area contributed by atoms with Gasteiger partial charge in [-0.05, 0) is 13.0 Å². The van der Waals surface area contributed by atoms with Crippen LogP contribution >= 0.6 is 0 Å². The molecule has 1 aromatic rings. The summed E-state index contributed by atoms with van der Waals surface area (Å²) >= 11 is -2.41. The van der Waals surface area contributed by atoms with Gasteiger partial charge in [0.25, 0.3) is 0 Å². The molecule has 0 aliphatic rings. The van der Waals surface area contributed by atoms with E-state index in [1.807, 2.05) is 20.8 Å². The van der Waals surface area contributed by atoms with Gasteiger partial charge >= 0.3 is 0 Å². The molecule has 1 amide bonds. The summed E-state index contributed by atoms with van der Waals surface area (Å²) in [5.74, 6) is -0.578. The number of nitrogens with zero attached hydrogens (tertiary/aromatic N) is 1. The Morgan fingerprint density at radius 1 is 1.43 bits per heavy atom. The number of amides is 1. The molecule has 1 rings (SSSR count). The van der Waals surface area contributed by atoms with Crippen molar-refractivity contribution >= 4 is 23.4 Å². The van der Waals surface area contributed by atoms with Crippen molar-refractivity contribution in [2.75, 3.05) is 11.4 Å². The van der Waals surface area contributed by atoms with E-state index in [0.717, 1.165) is 0 Å². The van der Waals surface area contributed by atoms with Crippen LogP contribution in [0.25, 0.3) is 0 Å². The Hall–Kier alpha value is -0.336. The number of nitrogens with one attached hydrogen (secondary N) is 1. The van der Waals surface area contributed by atoms with Crippen molar-refractivity contribution in [3.63, 3.8) is 0 Å². The number of hydrogen-bond acceptors (Lipinski definition) is 3. The SMILES string of the molecule is CC.C[CH-]c1cc(CNS(=O)[O-])cc(F)c1N([C-]=O)CCC.[Y]. The molecule has 1 atom stereocenters. The number of anilines is 1. The second-order valence-electron chi connectivity index (χ2n) is 4.10. The van der Waals surface area contributed by atoms with E-state index in [4.69, 9.17) is 0 Å². The molecule has 0 spiro atoms. The van der Waals surface area contributed by atoms with Gasteiger partial charge in [-0.25, -0.2) is 9.11 Å². The van der Waals surface area contributed by atoms with Crippen LogP contribution in [-0.4, -0.2) is 21.7 Å². The normalized spacial score (nSPS) is 10.7. The zero-order valence-electron chi connectivity index (χ0n) is 13.9. The van der Waals surface area contributed by atoms with Gasteiger partial charge in [-0.1, -0.05) is 45.0 Å². The molecule has 23 heavy (non-hydrogen) atoms. The fourth-order valence-electron chi connectivity index (χ4n) is 1.85. The molecule has 0 bridgehead atoms. The van der Waals surface area contributed by atoms with E-state index in [1.165, 1.54) is 11.0 Å². The van der Waals surface area contributed by atoms with Gasteiger partial charge in [0.15, 0.2) is 0 Å². The van der Waals surface area contributed by atoms with Gasteiger partial charge in [-0.15, -0.1) is 0 Å². The fraction of sp³-hybridized carbons (Fsp3) is 0.467. The zero-order chi connectivity index (χ0) is 17.1. The Bertz CT molecular complexity index is 504. The Morgan fingerprint density at radius 3 is 2.48 bits per heavy atom. The first-order chi connectivity index (χ1) is 10.5. The van der Waals surface area contributed by atoms with Crippen LogP contribution in [0.5, 0.6) is 0 Å². The van der Waals surface area contributed by atoms with Crippen LogP contribution in [0, 0.1) is 12.2 Å². The van der Waals surface area contributed by atoms with E-state index in [2.05, 4.69) is 4.72 Å². The summed E-state index contributed by atoms with van der Waals surface area (Å²) in [5.41, 5.74) is 1.16. The van der Waals surface area contributed by atoms with Crippen LogP contribution in [0.4, 0.5) is 10.1 Å². The molecule has 0 aromatic heterocycles. The summed E-state index contributed by atoms with van der Waals surface area (Å²) < 4.78 is 37.2. The number of hydrogen-bond donors (Lipinski definition) is 1. The minimum absolute atomic E-state index is 0. The summed E-state index contributed by atoms with van der Waals surface area (Å²) in [6, 6.07) is 2.85. The third-order valence-corrected chi connectivity index (χ3v) is 3.07. The molecular weight excluding hydrogens is 396 g/mol. The van der Waals surface area contributed by atoms with Crippen LogP contribution in [-0.2, 0) is 55.3 Å². The van der Waals surface area contributed by atoms with Crippen molar-refractivity contribution in [3.05, 3.63) is 35.5 Å².